The Hall–Kier alpha value is -0.800. The number of piperidine rings is 1. The van der Waals surface area contributed by atoms with Crippen molar-refractivity contribution in [1.29, 1.82) is 0 Å². The van der Waals surface area contributed by atoms with Crippen LogP contribution in [0.5, 0.6) is 0 Å². The standard InChI is InChI=1S/C17H28N2O/c1-4-18-11-13-6-5-9-19(3)17(13)16-8-7-15(20-16)14-10-12(14)2/h7-8,12-14,17-18H,4-6,9-11H2,1-3H3. The molecular weight excluding hydrogens is 248 g/mol. The van der Waals surface area contributed by atoms with Crippen LogP contribution in [0.25, 0.3) is 0 Å². The summed E-state index contributed by atoms with van der Waals surface area (Å²) in [5, 5.41) is 3.52. The van der Waals surface area contributed by atoms with E-state index >= 15 is 0 Å². The van der Waals surface area contributed by atoms with Crippen LogP contribution in [-0.2, 0) is 0 Å². The minimum atomic E-state index is 0.450. The van der Waals surface area contributed by atoms with E-state index in [1.165, 1.54) is 37.3 Å². The topological polar surface area (TPSA) is 28.4 Å². The molecule has 1 N–H and O–H groups in total. The summed E-state index contributed by atoms with van der Waals surface area (Å²) in [4.78, 5) is 2.48. The molecular formula is C17H28N2O. The van der Waals surface area contributed by atoms with Gasteiger partial charge in [0.05, 0.1) is 6.04 Å². The first-order chi connectivity index (χ1) is 9.70. The Labute approximate surface area is 122 Å². The number of nitrogens with one attached hydrogen (secondary N) is 1. The van der Waals surface area contributed by atoms with Gasteiger partial charge in [-0.15, -0.1) is 0 Å². The average Bonchev–Trinajstić information content (AvgIpc) is 2.98. The molecule has 0 bridgehead atoms. The fraction of sp³-hybridized carbons (Fsp3) is 0.765. The van der Waals surface area contributed by atoms with Crippen LogP contribution in [0, 0.1) is 11.8 Å². The van der Waals surface area contributed by atoms with Gasteiger partial charge in [-0.3, -0.25) is 4.90 Å². The molecule has 4 atom stereocenters. The van der Waals surface area contributed by atoms with Crippen molar-refractivity contribution in [3.63, 3.8) is 0 Å². The third-order valence-corrected chi connectivity index (χ3v) is 5.08. The molecule has 0 radical (unpaired) electrons. The maximum atomic E-state index is 6.23. The van der Waals surface area contributed by atoms with Crippen molar-refractivity contribution in [2.24, 2.45) is 11.8 Å². The SMILES string of the molecule is CCNCC1CCCN(C)C1c1ccc(C2CC2C)o1. The first-order valence-corrected chi connectivity index (χ1v) is 8.21. The third-order valence-electron chi connectivity index (χ3n) is 5.08. The Morgan fingerprint density at radius 3 is 2.80 bits per heavy atom. The molecule has 3 rings (SSSR count). The normalized spacial score (nSPS) is 34.4. The van der Waals surface area contributed by atoms with Gasteiger partial charge in [-0.1, -0.05) is 13.8 Å². The van der Waals surface area contributed by atoms with Gasteiger partial charge in [0.1, 0.15) is 11.5 Å². The highest BCUT2D eigenvalue weighted by molar-refractivity contribution is 5.20. The second-order valence-corrected chi connectivity index (χ2v) is 6.70. The van der Waals surface area contributed by atoms with E-state index in [-0.39, 0.29) is 0 Å². The Morgan fingerprint density at radius 2 is 2.10 bits per heavy atom. The zero-order valence-electron chi connectivity index (χ0n) is 13.1. The predicted molar refractivity (Wildman–Crippen MR) is 81.9 cm³/mol. The van der Waals surface area contributed by atoms with Crippen molar-refractivity contribution in [2.75, 3.05) is 26.7 Å². The lowest BCUT2D eigenvalue weighted by molar-refractivity contribution is 0.100. The zero-order chi connectivity index (χ0) is 14.1. The van der Waals surface area contributed by atoms with E-state index in [2.05, 4.69) is 43.2 Å². The molecule has 1 aliphatic carbocycles. The molecule has 3 nitrogen and oxygen atoms in total. The van der Waals surface area contributed by atoms with Crippen molar-refractivity contribution >= 4 is 0 Å². The van der Waals surface area contributed by atoms with Gasteiger partial charge in [0.25, 0.3) is 0 Å². The van der Waals surface area contributed by atoms with Crippen LogP contribution < -0.4 is 5.32 Å². The lowest BCUT2D eigenvalue weighted by Gasteiger charge is -2.38. The highest BCUT2D eigenvalue weighted by Crippen LogP contribution is 2.48. The third kappa shape index (κ3) is 2.79. The van der Waals surface area contributed by atoms with E-state index < -0.39 is 0 Å². The van der Waals surface area contributed by atoms with E-state index in [0.717, 1.165) is 19.0 Å². The summed E-state index contributed by atoms with van der Waals surface area (Å²) < 4.78 is 6.23. The lowest BCUT2D eigenvalue weighted by Crippen LogP contribution is -2.40. The fourth-order valence-corrected chi connectivity index (χ4v) is 3.70. The minimum Gasteiger partial charge on any atom is -0.464 e. The summed E-state index contributed by atoms with van der Waals surface area (Å²) in [6.07, 6.45) is 3.91. The summed E-state index contributed by atoms with van der Waals surface area (Å²) in [6, 6.07) is 4.90. The molecule has 4 unspecified atom stereocenters. The minimum absolute atomic E-state index is 0.450. The van der Waals surface area contributed by atoms with E-state index in [1.807, 2.05) is 0 Å². The predicted octanol–water partition coefficient (Wildman–Crippen LogP) is 3.40. The van der Waals surface area contributed by atoms with Gasteiger partial charge >= 0.3 is 0 Å². The summed E-state index contributed by atoms with van der Waals surface area (Å²) in [7, 11) is 2.24. The van der Waals surface area contributed by atoms with Gasteiger partial charge in [0, 0.05) is 5.92 Å². The Kier molecular flexibility index (Phi) is 4.18. The number of nitrogens with zero attached hydrogens (tertiary/aromatic N) is 1. The average molecular weight is 276 g/mol. The first kappa shape index (κ1) is 14.2. The fourth-order valence-electron chi connectivity index (χ4n) is 3.70. The molecule has 1 saturated heterocycles. The first-order valence-electron chi connectivity index (χ1n) is 8.21. The van der Waals surface area contributed by atoms with Crippen LogP contribution in [0.1, 0.15) is 56.6 Å². The smallest absolute Gasteiger partial charge is 0.121 e. The van der Waals surface area contributed by atoms with Crippen LogP contribution in [0.15, 0.2) is 16.5 Å². The van der Waals surface area contributed by atoms with Crippen LogP contribution >= 0.6 is 0 Å². The van der Waals surface area contributed by atoms with Crippen molar-refractivity contribution in [2.45, 2.75) is 45.1 Å². The molecule has 1 aliphatic heterocycles. The Morgan fingerprint density at radius 1 is 1.35 bits per heavy atom. The number of furan rings is 1. The van der Waals surface area contributed by atoms with E-state index in [9.17, 15) is 0 Å². The highest BCUT2D eigenvalue weighted by Gasteiger charge is 2.38. The van der Waals surface area contributed by atoms with Gasteiger partial charge in [-0.05, 0) is 69.9 Å². The molecule has 0 aromatic carbocycles. The molecule has 2 aliphatic rings. The lowest BCUT2D eigenvalue weighted by atomic mass is 9.88. The van der Waals surface area contributed by atoms with Crippen LogP contribution in [0.3, 0.4) is 0 Å². The number of likely N-dealkylation sites (tertiary alicyclic amines) is 1. The molecule has 2 fully saturated rings. The van der Waals surface area contributed by atoms with Crippen molar-refractivity contribution in [3.05, 3.63) is 23.7 Å². The summed E-state index contributed by atoms with van der Waals surface area (Å²) >= 11 is 0. The summed E-state index contributed by atoms with van der Waals surface area (Å²) in [5.74, 6) is 4.57. The number of hydrogen-bond acceptors (Lipinski definition) is 3. The molecule has 2 heterocycles. The number of rotatable bonds is 5. The maximum Gasteiger partial charge on any atom is 0.121 e. The molecule has 1 aromatic rings. The van der Waals surface area contributed by atoms with E-state index in [1.54, 1.807) is 0 Å². The van der Waals surface area contributed by atoms with Gasteiger partial charge in [-0.2, -0.15) is 0 Å². The monoisotopic (exact) mass is 276 g/mol. The Bertz CT molecular complexity index is 442. The second-order valence-electron chi connectivity index (χ2n) is 6.70. The maximum absolute atomic E-state index is 6.23. The van der Waals surface area contributed by atoms with Crippen molar-refractivity contribution < 1.29 is 4.42 Å². The number of hydrogen-bond donors (Lipinski definition) is 1. The van der Waals surface area contributed by atoms with Crippen LogP contribution in [0.2, 0.25) is 0 Å². The summed E-state index contributed by atoms with van der Waals surface area (Å²) in [6.45, 7) is 7.83. The second kappa shape index (κ2) is 5.90. The van der Waals surface area contributed by atoms with Crippen LogP contribution in [0.4, 0.5) is 0 Å². The van der Waals surface area contributed by atoms with Gasteiger partial charge in [0.15, 0.2) is 0 Å². The van der Waals surface area contributed by atoms with Gasteiger partial charge in [-0.25, -0.2) is 0 Å². The summed E-state index contributed by atoms with van der Waals surface area (Å²) in [5.41, 5.74) is 0. The van der Waals surface area contributed by atoms with E-state index in [0.29, 0.717) is 17.9 Å². The van der Waals surface area contributed by atoms with E-state index in [4.69, 9.17) is 4.42 Å². The molecule has 20 heavy (non-hydrogen) atoms. The Balaban J connectivity index is 1.75. The molecule has 112 valence electrons. The molecule has 3 heteroatoms. The highest BCUT2D eigenvalue weighted by atomic mass is 16.3. The zero-order valence-corrected chi connectivity index (χ0v) is 13.1. The van der Waals surface area contributed by atoms with Crippen molar-refractivity contribution in [1.82, 2.24) is 10.2 Å². The van der Waals surface area contributed by atoms with Gasteiger partial charge in [0.2, 0.25) is 0 Å². The molecule has 1 aromatic heterocycles. The molecule has 0 spiro atoms. The largest absolute Gasteiger partial charge is 0.464 e. The molecule has 1 saturated carbocycles. The van der Waals surface area contributed by atoms with Crippen LogP contribution in [-0.4, -0.2) is 31.6 Å². The van der Waals surface area contributed by atoms with Gasteiger partial charge < -0.3 is 9.73 Å². The molecule has 0 amide bonds. The van der Waals surface area contributed by atoms with Crippen molar-refractivity contribution in [3.8, 4) is 0 Å². The quantitative estimate of drug-likeness (QED) is 0.893.